The number of hydrazone groups is 1. The van der Waals surface area contributed by atoms with Crippen LogP contribution in [-0.4, -0.2) is 16.5 Å². The molecule has 12 heavy (non-hydrogen) atoms. The molecule has 5 heteroatoms. The maximum absolute atomic E-state index is 4.51. The van der Waals surface area contributed by atoms with Crippen LogP contribution in [0.5, 0.6) is 0 Å². The van der Waals surface area contributed by atoms with Crippen molar-refractivity contribution in [2.45, 2.75) is 13.8 Å². The van der Waals surface area contributed by atoms with Gasteiger partial charge in [0.15, 0.2) is 0 Å². The van der Waals surface area contributed by atoms with E-state index in [0.717, 1.165) is 0 Å². The summed E-state index contributed by atoms with van der Waals surface area (Å²) in [5.41, 5.74) is 0.681. The molecular weight excluding hydrogens is 156 g/mol. The molecule has 1 heterocycles. The Morgan fingerprint density at radius 3 is 2.75 bits per heavy atom. The predicted molar refractivity (Wildman–Crippen MR) is 45.9 cm³/mol. The number of hydrogen-bond acceptors (Lipinski definition) is 5. The van der Waals surface area contributed by atoms with Gasteiger partial charge in [0.05, 0.1) is 0 Å². The van der Waals surface area contributed by atoms with Crippen molar-refractivity contribution in [3.63, 3.8) is 0 Å². The summed E-state index contributed by atoms with van der Waals surface area (Å²) in [6.45, 7) is 7.17. The highest BCUT2D eigenvalue weighted by molar-refractivity contribution is 5.57. The summed E-state index contributed by atoms with van der Waals surface area (Å²) in [5.74, 6) is 0.558. The molecule has 0 N–H and O–H groups in total. The van der Waals surface area contributed by atoms with Gasteiger partial charge in [-0.15, -0.1) is 0 Å². The SMILES string of the molecule is C=CN(N=CC)c1nonc1C. The third-order valence-electron chi connectivity index (χ3n) is 1.26. The van der Waals surface area contributed by atoms with Crippen LogP contribution in [0.25, 0.3) is 0 Å². The van der Waals surface area contributed by atoms with Crippen LogP contribution in [-0.2, 0) is 0 Å². The summed E-state index contributed by atoms with van der Waals surface area (Å²) in [6, 6.07) is 0. The largest absolute Gasteiger partial charge is 0.242 e. The Balaban J connectivity index is 2.94. The van der Waals surface area contributed by atoms with Crippen molar-refractivity contribution in [2.75, 3.05) is 5.01 Å². The lowest BCUT2D eigenvalue weighted by atomic mass is 10.5. The molecule has 0 radical (unpaired) electrons. The van der Waals surface area contributed by atoms with Crippen LogP contribution < -0.4 is 5.01 Å². The molecule has 64 valence electrons. The lowest BCUT2D eigenvalue weighted by molar-refractivity contribution is 0.305. The van der Waals surface area contributed by atoms with Crippen LogP contribution in [0.2, 0.25) is 0 Å². The van der Waals surface area contributed by atoms with Gasteiger partial charge >= 0.3 is 0 Å². The van der Waals surface area contributed by atoms with E-state index >= 15 is 0 Å². The number of hydrogen-bond donors (Lipinski definition) is 0. The van der Waals surface area contributed by atoms with E-state index in [9.17, 15) is 0 Å². The fourth-order valence-electron chi connectivity index (χ4n) is 0.748. The van der Waals surface area contributed by atoms with Gasteiger partial charge in [-0.3, -0.25) is 0 Å². The number of aromatic nitrogens is 2. The number of nitrogens with zero attached hydrogens (tertiary/aromatic N) is 4. The molecule has 1 aromatic rings. The molecular formula is C7H10N4O. The van der Waals surface area contributed by atoms with Crippen LogP contribution in [0.1, 0.15) is 12.6 Å². The Morgan fingerprint density at radius 1 is 1.58 bits per heavy atom. The molecule has 0 aliphatic rings. The highest BCUT2D eigenvalue weighted by Crippen LogP contribution is 2.14. The van der Waals surface area contributed by atoms with Crippen LogP contribution in [0.4, 0.5) is 5.82 Å². The normalized spacial score (nSPS) is 10.5. The van der Waals surface area contributed by atoms with E-state index in [2.05, 4.69) is 26.6 Å². The van der Waals surface area contributed by atoms with Crippen molar-refractivity contribution in [3.05, 3.63) is 18.5 Å². The second-order valence-corrected chi connectivity index (χ2v) is 2.07. The first-order valence-electron chi connectivity index (χ1n) is 3.49. The van der Waals surface area contributed by atoms with Gasteiger partial charge in [-0.05, 0) is 19.0 Å². The summed E-state index contributed by atoms with van der Waals surface area (Å²) in [5, 5.41) is 12.7. The Kier molecular flexibility index (Phi) is 2.57. The molecule has 0 amide bonds. The molecule has 0 spiro atoms. The average molecular weight is 166 g/mol. The monoisotopic (exact) mass is 166 g/mol. The minimum atomic E-state index is 0.558. The zero-order chi connectivity index (χ0) is 8.97. The van der Waals surface area contributed by atoms with E-state index in [1.165, 1.54) is 11.2 Å². The van der Waals surface area contributed by atoms with Crippen molar-refractivity contribution < 1.29 is 4.63 Å². The average Bonchev–Trinajstić information content (AvgIpc) is 2.47. The molecule has 1 rings (SSSR count). The number of rotatable bonds is 3. The molecule has 0 unspecified atom stereocenters. The summed E-state index contributed by atoms with van der Waals surface area (Å²) in [7, 11) is 0. The van der Waals surface area contributed by atoms with Crippen LogP contribution >= 0.6 is 0 Å². The van der Waals surface area contributed by atoms with Crippen molar-refractivity contribution >= 4 is 12.0 Å². The molecule has 1 aromatic heterocycles. The molecule has 0 aliphatic carbocycles. The lowest BCUT2D eigenvalue weighted by Gasteiger charge is -2.07. The Hall–Kier alpha value is -1.65. The quantitative estimate of drug-likeness (QED) is 0.502. The first-order valence-corrected chi connectivity index (χ1v) is 3.49. The van der Waals surface area contributed by atoms with E-state index < -0.39 is 0 Å². The molecule has 0 saturated carbocycles. The molecule has 0 saturated heterocycles. The van der Waals surface area contributed by atoms with Gasteiger partial charge in [0.2, 0.25) is 5.82 Å². The highest BCUT2D eigenvalue weighted by Gasteiger charge is 2.09. The van der Waals surface area contributed by atoms with Gasteiger partial charge < -0.3 is 0 Å². The predicted octanol–water partition coefficient (Wildman–Crippen LogP) is 1.33. The highest BCUT2D eigenvalue weighted by atomic mass is 16.6. The first kappa shape index (κ1) is 8.45. The lowest BCUT2D eigenvalue weighted by Crippen LogP contribution is -2.08. The Bertz CT molecular complexity index is 291. The Morgan fingerprint density at radius 2 is 2.33 bits per heavy atom. The smallest absolute Gasteiger partial charge is 0.220 e. The van der Waals surface area contributed by atoms with Crippen molar-refractivity contribution in [1.29, 1.82) is 0 Å². The van der Waals surface area contributed by atoms with E-state index in [1.54, 1.807) is 20.1 Å². The van der Waals surface area contributed by atoms with E-state index in [0.29, 0.717) is 11.5 Å². The van der Waals surface area contributed by atoms with Crippen LogP contribution in [0.15, 0.2) is 22.5 Å². The molecule has 0 fully saturated rings. The van der Waals surface area contributed by atoms with Crippen molar-refractivity contribution in [3.8, 4) is 0 Å². The molecule has 5 nitrogen and oxygen atoms in total. The van der Waals surface area contributed by atoms with E-state index in [1.807, 2.05) is 0 Å². The minimum Gasteiger partial charge on any atom is -0.242 e. The van der Waals surface area contributed by atoms with Crippen molar-refractivity contribution in [2.24, 2.45) is 5.10 Å². The molecule has 0 aromatic carbocycles. The topological polar surface area (TPSA) is 54.5 Å². The summed E-state index contributed by atoms with van der Waals surface area (Å²) < 4.78 is 4.51. The maximum atomic E-state index is 4.51. The van der Waals surface area contributed by atoms with E-state index in [-0.39, 0.29) is 0 Å². The first-order chi connectivity index (χ1) is 5.79. The maximum Gasteiger partial charge on any atom is 0.220 e. The van der Waals surface area contributed by atoms with Crippen LogP contribution in [0.3, 0.4) is 0 Å². The summed E-state index contributed by atoms with van der Waals surface area (Å²) in [6.07, 6.45) is 3.17. The fourth-order valence-corrected chi connectivity index (χ4v) is 0.748. The van der Waals surface area contributed by atoms with Gasteiger partial charge in [-0.1, -0.05) is 11.7 Å². The van der Waals surface area contributed by atoms with Crippen molar-refractivity contribution in [1.82, 2.24) is 10.3 Å². The third-order valence-corrected chi connectivity index (χ3v) is 1.26. The van der Waals surface area contributed by atoms with Gasteiger partial charge in [-0.2, -0.15) is 5.10 Å². The van der Waals surface area contributed by atoms with Crippen LogP contribution in [0, 0.1) is 6.92 Å². The zero-order valence-electron chi connectivity index (χ0n) is 7.06. The fraction of sp³-hybridized carbons (Fsp3) is 0.286. The molecule has 0 bridgehead atoms. The minimum absolute atomic E-state index is 0.558. The molecule has 0 atom stereocenters. The third kappa shape index (κ3) is 1.50. The zero-order valence-corrected chi connectivity index (χ0v) is 7.06. The summed E-state index contributed by atoms with van der Waals surface area (Å²) in [4.78, 5) is 0. The van der Waals surface area contributed by atoms with Gasteiger partial charge in [0, 0.05) is 12.4 Å². The number of aryl methyl sites for hydroxylation is 1. The van der Waals surface area contributed by atoms with Gasteiger partial charge in [0.1, 0.15) is 5.69 Å². The van der Waals surface area contributed by atoms with E-state index in [4.69, 9.17) is 0 Å². The standard InChI is InChI=1S/C7H10N4O/c1-4-8-11(5-2)7-6(3)9-12-10-7/h4-5H,2H2,1,3H3. The van der Waals surface area contributed by atoms with Gasteiger partial charge in [0.25, 0.3) is 0 Å². The second-order valence-electron chi connectivity index (χ2n) is 2.07. The summed E-state index contributed by atoms with van der Waals surface area (Å²) >= 11 is 0. The number of anilines is 1. The Labute approximate surface area is 70.3 Å². The van der Waals surface area contributed by atoms with Gasteiger partial charge in [-0.25, -0.2) is 9.64 Å². The second kappa shape index (κ2) is 3.66. The molecule has 0 aliphatic heterocycles.